The SMILES string of the molecule is N#Cc1ccc(Cl)c(NC(=O)CCCc2ccccc2)c1. The quantitative estimate of drug-likeness (QED) is 0.900. The molecule has 1 amide bonds. The van der Waals surface area contributed by atoms with Crippen molar-refractivity contribution in [2.24, 2.45) is 0 Å². The number of carbonyl (C=O) groups is 1. The van der Waals surface area contributed by atoms with E-state index in [4.69, 9.17) is 16.9 Å². The van der Waals surface area contributed by atoms with Crippen LogP contribution in [-0.2, 0) is 11.2 Å². The molecule has 0 aliphatic heterocycles. The van der Waals surface area contributed by atoms with Gasteiger partial charge in [0.1, 0.15) is 0 Å². The Bertz CT molecular complexity index is 662. The van der Waals surface area contributed by atoms with Crippen LogP contribution in [0.15, 0.2) is 48.5 Å². The summed E-state index contributed by atoms with van der Waals surface area (Å²) in [4.78, 5) is 11.9. The van der Waals surface area contributed by atoms with Gasteiger partial charge in [0.2, 0.25) is 5.91 Å². The van der Waals surface area contributed by atoms with Crippen molar-refractivity contribution in [3.63, 3.8) is 0 Å². The molecular weight excluding hydrogens is 284 g/mol. The molecule has 0 radical (unpaired) electrons. The monoisotopic (exact) mass is 298 g/mol. The molecule has 0 spiro atoms. The Balaban J connectivity index is 1.86. The van der Waals surface area contributed by atoms with Crippen LogP contribution in [0.2, 0.25) is 5.02 Å². The van der Waals surface area contributed by atoms with Gasteiger partial charge in [0, 0.05) is 6.42 Å². The fourth-order valence-corrected chi connectivity index (χ4v) is 2.17. The summed E-state index contributed by atoms with van der Waals surface area (Å²) in [7, 11) is 0. The highest BCUT2D eigenvalue weighted by Gasteiger charge is 2.07. The zero-order valence-electron chi connectivity index (χ0n) is 11.5. The number of nitriles is 1. The lowest BCUT2D eigenvalue weighted by Crippen LogP contribution is -2.12. The average Bonchev–Trinajstić information content (AvgIpc) is 2.50. The van der Waals surface area contributed by atoms with Crippen LogP contribution in [0.25, 0.3) is 0 Å². The van der Waals surface area contributed by atoms with Gasteiger partial charge in [0.25, 0.3) is 0 Å². The molecule has 2 aromatic carbocycles. The molecule has 0 aliphatic carbocycles. The molecule has 0 saturated heterocycles. The first-order valence-electron chi connectivity index (χ1n) is 6.72. The van der Waals surface area contributed by atoms with Gasteiger partial charge in [-0.3, -0.25) is 4.79 Å². The highest BCUT2D eigenvalue weighted by molar-refractivity contribution is 6.33. The number of amides is 1. The van der Waals surface area contributed by atoms with Crippen molar-refractivity contribution in [2.45, 2.75) is 19.3 Å². The first-order valence-corrected chi connectivity index (χ1v) is 7.10. The van der Waals surface area contributed by atoms with Crippen molar-refractivity contribution in [2.75, 3.05) is 5.32 Å². The molecule has 2 aromatic rings. The number of benzene rings is 2. The second-order valence-corrected chi connectivity index (χ2v) is 5.10. The Kier molecular flexibility index (Phi) is 5.36. The minimum Gasteiger partial charge on any atom is -0.325 e. The molecule has 21 heavy (non-hydrogen) atoms. The van der Waals surface area contributed by atoms with Gasteiger partial charge in [0.15, 0.2) is 0 Å². The molecule has 0 aromatic heterocycles. The fraction of sp³-hybridized carbons (Fsp3) is 0.176. The van der Waals surface area contributed by atoms with E-state index in [1.807, 2.05) is 36.4 Å². The molecule has 4 heteroatoms. The molecule has 0 bridgehead atoms. The molecular formula is C17H15ClN2O. The van der Waals surface area contributed by atoms with Crippen molar-refractivity contribution in [3.05, 3.63) is 64.7 Å². The number of carbonyl (C=O) groups excluding carboxylic acids is 1. The van der Waals surface area contributed by atoms with Gasteiger partial charge in [-0.2, -0.15) is 5.26 Å². The molecule has 0 fully saturated rings. The van der Waals surface area contributed by atoms with Crippen molar-refractivity contribution >= 4 is 23.2 Å². The van der Waals surface area contributed by atoms with Gasteiger partial charge in [-0.1, -0.05) is 41.9 Å². The van der Waals surface area contributed by atoms with Crippen LogP contribution >= 0.6 is 11.6 Å². The van der Waals surface area contributed by atoms with Crippen LogP contribution in [0.5, 0.6) is 0 Å². The van der Waals surface area contributed by atoms with Crippen LogP contribution in [0.3, 0.4) is 0 Å². The van der Waals surface area contributed by atoms with E-state index in [0.717, 1.165) is 12.8 Å². The first kappa shape index (κ1) is 15.1. The van der Waals surface area contributed by atoms with E-state index in [2.05, 4.69) is 5.32 Å². The predicted molar refractivity (Wildman–Crippen MR) is 84.2 cm³/mol. The maximum atomic E-state index is 11.9. The van der Waals surface area contributed by atoms with Gasteiger partial charge >= 0.3 is 0 Å². The van der Waals surface area contributed by atoms with Crippen molar-refractivity contribution in [1.82, 2.24) is 0 Å². The van der Waals surface area contributed by atoms with Crippen molar-refractivity contribution in [3.8, 4) is 6.07 Å². The maximum absolute atomic E-state index is 11.9. The molecule has 2 rings (SSSR count). The number of hydrogen-bond acceptors (Lipinski definition) is 2. The Morgan fingerprint density at radius 3 is 2.67 bits per heavy atom. The number of nitrogens with one attached hydrogen (secondary N) is 1. The summed E-state index contributed by atoms with van der Waals surface area (Å²) in [6, 6.07) is 16.9. The third-order valence-corrected chi connectivity index (χ3v) is 3.41. The summed E-state index contributed by atoms with van der Waals surface area (Å²) in [5, 5.41) is 12.0. The Labute approximate surface area is 129 Å². The Hall–Kier alpha value is -2.31. The van der Waals surface area contributed by atoms with Crippen LogP contribution in [0, 0.1) is 11.3 Å². The number of hydrogen-bond donors (Lipinski definition) is 1. The maximum Gasteiger partial charge on any atom is 0.224 e. The van der Waals surface area contributed by atoms with Crippen molar-refractivity contribution in [1.29, 1.82) is 5.26 Å². The highest BCUT2D eigenvalue weighted by atomic mass is 35.5. The topological polar surface area (TPSA) is 52.9 Å². The van der Waals surface area contributed by atoms with Gasteiger partial charge < -0.3 is 5.32 Å². The lowest BCUT2D eigenvalue weighted by Gasteiger charge is -2.07. The fourth-order valence-electron chi connectivity index (χ4n) is 2.00. The standard InChI is InChI=1S/C17H15ClN2O/c18-15-10-9-14(12-19)11-16(15)20-17(21)8-4-7-13-5-2-1-3-6-13/h1-3,5-6,9-11H,4,7-8H2,(H,20,21). The molecule has 0 atom stereocenters. The number of halogens is 1. The van der Waals surface area contributed by atoms with E-state index in [-0.39, 0.29) is 5.91 Å². The molecule has 0 saturated carbocycles. The van der Waals surface area contributed by atoms with Crippen LogP contribution in [0.4, 0.5) is 5.69 Å². The van der Waals surface area contributed by atoms with E-state index in [9.17, 15) is 4.79 Å². The number of aryl methyl sites for hydroxylation is 1. The van der Waals surface area contributed by atoms with Gasteiger partial charge in [0.05, 0.1) is 22.3 Å². The Morgan fingerprint density at radius 2 is 1.95 bits per heavy atom. The third kappa shape index (κ3) is 4.62. The van der Waals surface area contributed by atoms with Crippen LogP contribution < -0.4 is 5.32 Å². The van der Waals surface area contributed by atoms with E-state index >= 15 is 0 Å². The molecule has 1 N–H and O–H groups in total. The van der Waals surface area contributed by atoms with Crippen molar-refractivity contribution < 1.29 is 4.79 Å². The summed E-state index contributed by atoms with van der Waals surface area (Å²) in [5.41, 5.74) is 2.18. The largest absolute Gasteiger partial charge is 0.325 e. The second kappa shape index (κ2) is 7.47. The van der Waals surface area contributed by atoms with E-state index in [0.29, 0.717) is 22.7 Å². The van der Waals surface area contributed by atoms with Crippen LogP contribution in [-0.4, -0.2) is 5.91 Å². The summed E-state index contributed by atoms with van der Waals surface area (Å²) in [5.74, 6) is -0.0945. The zero-order chi connectivity index (χ0) is 15.1. The lowest BCUT2D eigenvalue weighted by molar-refractivity contribution is -0.116. The zero-order valence-corrected chi connectivity index (χ0v) is 12.2. The highest BCUT2D eigenvalue weighted by Crippen LogP contribution is 2.23. The van der Waals surface area contributed by atoms with E-state index < -0.39 is 0 Å². The summed E-state index contributed by atoms with van der Waals surface area (Å²) in [6.07, 6.45) is 2.05. The van der Waals surface area contributed by atoms with Gasteiger partial charge in [-0.05, 0) is 36.6 Å². The smallest absolute Gasteiger partial charge is 0.224 e. The molecule has 0 aliphatic rings. The number of rotatable bonds is 5. The Morgan fingerprint density at radius 1 is 1.19 bits per heavy atom. The van der Waals surface area contributed by atoms with Gasteiger partial charge in [-0.15, -0.1) is 0 Å². The second-order valence-electron chi connectivity index (χ2n) is 4.69. The summed E-state index contributed by atoms with van der Waals surface area (Å²) in [6.45, 7) is 0. The number of anilines is 1. The molecule has 106 valence electrons. The lowest BCUT2D eigenvalue weighted by atomic mass is 10.1. The molecule has 3 nitrogen and oxygen atoms in total. The summed E-state index contributed by atoms with van der Waals surface area (Å²) < 4.78 is 0. The summed E-state index contributed by atoms with van der Waals surface area (Å²) >= 11 is 6.00. The van der Waals surface area contributed by atoms with Crippen LogP contribution in [0.1, 0.15) is 24.0 Å². The minimum absolute atomic E-state index is 0.0945. The average molecular weight is 299 g/mol. The number of nitrogens with zero attached hydrogens (tertiary/aromatic N) is 1. The first-order chi connectivity index (χ1) is 10.2. The third-order valence-electron chi connectivity index (χ3n) is 3.08. The van der Waals surface area contributed by atoms with E-state index in [1.54, 1.807) is 18.2 Å². The predicted octanol–water partition coefficient (Wildman–Crippen LogP) is 4.17. The normalized spacial score (nSPS) is 9.90. The minimum atomic E-state index is -0.0945. The van der Waals surface area contributed by atoms with Gasteiger partial charge in [-0.25, -0.2) is 0 Å². The molecule has 0 heterocycles. The van der Waals surface area contributed by atoms with E-state index in [1.165, 1.54) is 5.56 Å². The molecule has 0 unspecified atom stereocenters.